The molecule has 0 heterocycles. The molecule has 0 aliphatic heterocycles. The lowest BCUT2D eigenvalue weighted by atomic mass is 10.1. The molecule has 0 fully saturated rings. The molecule has 1 atom stereocenters. The summed E-state index contributed by atoms with van der Waals surface area (Å²) in [4.78, 5) is 13.2. The first-order valence-electron chi connectivity index (χ1n) is 5.64. The topological polar surface area (TPSA) is 29.5 Å². The second-order valence-corrected chi connectivity index (χ2v) is 4.83. The van der Waals surface area contributed by atoms with E-state index in [0.29, 0.717) is 12.2 Å². The number of carbonyl (C=O) groups is 1. The van der Waals surface area contributed by atoms with Crippen molar-refractivity contribution in [3.05, 3.63) is 28.2 Å². The Morgan fingerprint density at radius 3 is 2.76 bits per heavy atom. The zero-order valence-electron chi connectivity index (χ0n) is 10.4. The molecular formula is C13H18BrNO2. The van der Waals surface area contributed by atoms with Crippen LogP contribution in [0.2, 0.25) is 0 Å². The molecular weight excluding hydrogens is 282 g/mol. The van der Waals surface area contributed by atoms with E-state index in [2.05, 4.69) is 34.7 Å². The van der Waals surface area contributed by atoms with Crippen LogP contribution in [0.5, 0.6) is 0 Å². The van der Waals surface area contributed by atoms with Crippen LogP contribution in [-0.4, -0.2) is 32.6 Å². The van der Waals surface area contributed by atoms with Gasteiger partial charge in [0.05, 0.1) is 6.61 Å². The highest BCUT2D eigenvalue weighted by molar-refractivity contribution is 9.10. The molecule has 94 valence electrons. The van der Waals surface area contributed by atoms with Gasteiger partial charge in [0.25, 0.3) is 0 Å². The van der Waals surface area contributed by atoms with Gasteiger partial charge in [-0.05, 0) is 32.0 Å². The third kappa shape index (κ3) is 3.54. The Kier molecular flexibility index (Phi) is 5.65. The maximum Gasteiger partial charge on any atom is 0.152 e. The fourth-order valence-electron chi connectivity index (χ4n) is 1.92. The predicted molar refractivity (Wildman–Crippen MR) is 73.9 cm³/mol. The number of anilines is 1. The van der Waals surface area contributed by atoms with Crippen molar-refractivity contribution >= 4 is 27.9 Å². The fraction of sp³-hybridized carbons (Fsp3) is 0.462. The van der Waals surface area contributed by atoms with Crippen LogP contribution in [0.3, 0.4) is 0 Å². The summed E-state index contributed by atoms with van der Waals surface area (Å²) in [7, 11) is 1.69. The van der Waals surface area contributed by atoms with Crippen molar-refractivity contribution in [1.82, 2.24) is 0 Å². The molecule has 3 nitrogen and oxygen atoms in total. The molecule has 0 saturated heterocycles. The molecule has 1 aromatic carbocycles. The van der Waals surface area contributed by atoms with Gasteiger partial charge in [-0.2, -0.15) is 0 Å². The summed E-state index contributed by atoms with van der Waals surface area (Å²) in [5.41, 5.74) is 1.65. The van der Waals surface area contributed by atoms with Gasteiger partial charge in [0.1, 0.15) is 0 Å². The number of ether oxygens (including phenoxy) is 1. The van der Waals surface area contributed by atoms with E-state index < -0.39 is 0 Å². The second-order valence-electron chi connectivity index (χ2n) is 3.91. The van der Waals surface area contributed by atoms with E-state index in [0.717, 1.165) is 23.0 Å². The number of carbonyl (C=O) groups excluding carboxylic acids is 1. The van der Waals surface area contributed by atoms with Crippen LogP contribution in [-0.2, 0) is 4.74 Å². The number of nitrogens with zero attached hydrogens (tertiary/aromatic N) is 1. The number of aldehydes is 1. The average molecular weight is 300 g/mol. The van der Waals surface area contributed by atoms with Gasteiger partial charge < -0.3 is 9.64 Å². The lowest BCUT2D eigenvalue weighted by molar-refractivity contribution is 0.112. The highest BCUT2D eigenvalue weighted by atomic mass is 79.9. The molecule has 0 spiro atoms. The monoisotopic (exact) mass is 299 g/mol. The second kappa shape index (κ2) is 6.77. The number of methoxy groups -OCH3 is 1. The minimum absolute atomic E-state index is 0.234. The van der Waals surface area contributed by atoms with Crippen LogP contribution in [0.25, 0.3) is 0 Å². The zero-order chi connectivity index (χ0) is 12.8. The van der Waals surface area contributed by atoms with Gasteiger partial charge in [0.15, 0.2) is 6.29 Å². The first-order valence-corrected chi connectivity index (χ1v) is 6.43. The van der Waals surface area contributed by atoms with E-state index >= 15 is 0 Å². The number of rotatable bonds is 6. The summed E-state index contributed by atoms with van der Waals surface area (Å²) in [6.45, 7) is 5.63. The minimum Gasteiger partial charge on any atom is -0.383 e. The summed E-state index contributed by atoms with van der Waals surface area (Å²) < 4.78 is 6.14. The molecule has 0 amide bonds. The highest BCUT2D eigenvalue weighted by Crippen LogP contribution is 2.25. The van der Waals surface area contributed by atoms with Crippen LogP contribution in [0.4, 0.5) is 5.69 Å². The molecule has 4 heteroatoms. The van der Waals surface area contributed by atoms with Crippen molar-refractivity contribution in [1.29, 1.82) is 0 Å². The van der Waals surface area contributed by atoms with E-state index in [1.807, 2.05) is 18.2 Å². The van der Waals surface area contributed by atoms with Crippen molar-refractivity contribution < 1.29 is 9.53 Å². The number of hydrogen-bond acceptors (Lipinski definition) is 3. The quantitative estimate of drug-likeness (QED) is 0.756. The summed E-state index contributed by atoms with van der Waals surface area (Å²) in [5, 5.41) is 0. The standard InChI is InChI=1S/C13H18BrNO2/c1-4-15(10(2)9-17-3)13-7-12(14)6-5-11(13)8-16/h5-8,10H,4,9H2,1-3H3. The normalized spacial score (nSPS) is 12.2. The summed E-state index contributed by atoms with van der Waals surface area (Å²) in [5.74, 6) is 0. The molecule has 0 N–H and O–H groups in total. The molecule has 0 radical (unpaired) electrons. The average Bonchev–Trinajstić information content (AvgIpc) is 2.31. The van der Waals surface area contributed by atoms with Crippen molar-refractivity contribution in [2.45, 2.75) is 19.9 Å². The Bertz CT molecular complexity index is 382. The highest BCUT2D eigenvalue weighted by Gasteiger charge is 2.16. The Labute approximate surface area is 111 Å². The van der Waals surface area contributed by atoms with E-state index in [1.54, 1.807) is 7.11 Å². The van der Waals surface area contributed by atoms with Gasteiger partial charge in [-0.3, -0.25) is 4.79 Å². The summed E-state index contributed by atoms with van der Waals surface area (Å²) in [6.07, 6.45) is 0.893. The SMILES string of the molecule is CCN(c1cc(Br)ccc1C=O)C(C)COC. The molecule has 1 rings (SSSR count). The third-order valence-corrected chi connectivity index (χ3v) is 3.20. The summed E-state index contributed by atoms with van der Waals surface area (Å²) in [6, 6.07) is 5.91. The van der Waals surface area contributed by atoms with Gasteiger partial charge in [-0.15, -0.1) is 0 Å². The van der Waals surface area contributed by atoms with Crippen LogP contribution in [0.1, 0.15) is 24.2 Å². The zero-order valence-corrected chi connectivity index (χ0v) is 12.0. The molecule has 1 aromatic rings. The van der Waals surface area contributed by atoms with Crippen molar-refractivity contribution in [3.8, 4) is 0 Å². The van der Waals surface area contributed by atoms with Crippen molar-refractivity contribution in [2.24, 2.45) is 0 Å². The fourth-order valence-corrected chi connectivity index (χ4v) is 2.26. The Morgan fingerprint density at radius 2 is 2.24 bits per heavy atom. The van der Waals surface area contributed by atoms with Gasteiger partial charge in [0.2, 0.25) is 0 Å². The van der Waals surface area contributed by atoms with E-state index in [9.17, 15) is 4.79 Å². The third-order valence-electron chi connectivity index (χ3n) is 2.71. The molecule has 17 heavy (non-hydrogen) atoms. The van der Waals surface area contributed by atoms with E-state index in [4.69, 9.17) is 4.74 Å². The number of benzene rings is 1. The van der Waals surface area contributed by atoms with Gasteiger partial charge in [0, 0.05) is 35.4 Å². The number of hydrogen-bond donors (Lipinski definition) is 0. The molecule has 0 aliphatic rings. The maximum absolute atomic E-state index is 11.1. The lowest BCUT2D eigenvalue weighted by Gasteiger charge is -2.30. The van der Waals surface area contributed by atoms with Crippen LogP contribution >= 0.6 is 15.9 Å². The van der Waals surface area contributed by atoms with Gasteiger partial charge in [-0.1, -0.05) is 15.9 Å². The maximum atomic E-state index is 11.1. The van der Waals surface area contributed by atoms with E-state index in [1.165, 1.54) is 0 Å². The first-order chi connectivity index (χ1) is 8.13. The first kappa shape index (κ1) is 14.2. The molecule has 0 aromatic heterocycles. The smallest absolute Gasteiger partial charge is 0.152 e. The van der Waals surface area contributed by atoms with Crippen LogP contribution < -0.4 is 4.90 Å². The van der Waals surface area contributed by atoms with Crippen LogP contribution in [0.15, 0.2) is 22.7 Å². The Morgan fingerprint density at radius 1 is 1.53 bits per heavy atom. The largest absolute Gasteiger partial charge is 0.383 e. The minimum atomic E-state index is 0.234. The van der Waals surface area contributed by atoms with Gasteiger partial charge >= 0.3 is 0 Å². The predicted octanol–water partition coefficient (Wildman–Crippen LogP) is 3.12. The Hall–Kier alpha value is -0.870. The van der Waals surface area contributed by atoms with E-state index in [-0.39, 0.29) is 6.04 Å². The van der Waals surface area contributed by atoms with Crippen molar-refractivity contribution in [3.63, 3.8) is 0 Å². The Balaban J connectivity index is 3.09. The molecule has 1 unspecified atom stereocenters. The molecule has 0 aliphatic carbocycles. The number of halogens is 1. The molecule has 0 saturated carbocycles. The number of likely N-dealkylation sites (N-methyl/N-ethyl adjacent to an activating group) is 1. The van der Waals surface area contributed by atoms with Crippen molar-refractivity contribution in [2.75, 3.05) is 25.2 Å². The summed E-state index contributed by atoms with van der Waals surface area (Å²) >= 11 is 3.44. The van der Waals surface area contributed by atoms with Crippen LogP contribution in [0, 0.1) is 0 Å². The lowest BCUT2D eigenvalue weighted by Crippen LogP contribution is -2.36. The molecule has 0 bridgehead atoms. The van der Waals surface area contributed by atoms with Gasteiger partial charge in [-0.25, -0.2) is 0 Å².